The Labute approximate surface area is 107 Å². The van der Waals surface area contributed by atoms with Crippen LogP contribution in [0.25, 0.3) is 0 Å². The number of alkyl halides is 2. The van der Waals surface area contributed by atoms with Crippen molar-refractivity contribution in [3.8, 4) is 0 Å². The fourth-order valence-corrected chi connectivity index (χ4v) is 1.87. The second-order valence-electron chi connectivity index (χ2n) is 4.40. The first kappa shape index (κ1) is 16.2. The molecule has 1 saturated heterocycles. The van der Waals surface area contributed by atoms with Gasteiger partial charge >= 0.3 is 5.97 Å². The SMILES string of the molecule is O=C(O)CCC(F)(F)[C@H]1O[C@H](CO)[C@H](O)[C@H](O)[C@H]1O. The molecule has 9 heteroatoms. The molecule has 1 rings (SSSR count). The lowest BCUT2D eigenvalue weighted by Gasteiger charge is -2.42. The third kappa shape index (κ3) is 3.57. The Morgan fingerprint density at radius 1 is 1.16 bits per heavy atom. The summed E-state index contributed by atoms with van der Waals surface area (Å²) in [7, 11) is 0. The zero-order valence-electron chi connectivity index (χ0n) is 9.82. The number of ether oxygens (including phenoxy) is 1. The Balaban J connectivity index is 2.82. The van der Waals surface area contributed by atoms with E-state index in [9.17, 15) is 28.9 Å². The predicted molar refractivity (Wildman–Crippen MR) is 55.6 cm³/mol. The average molecular weight is 286 g/mol. The predicted octanol–water partition coefficient (Wildman–Crippen LogP) is -1.67. The minimum Gasteiger partial charge on any atom is -0.481 e. The van der Waals surface area contributed by atoms with Gasteiger partial charge in [0.15, 0.2) is 0 Å². The number of aliphatic hydroxyl groups excluding tert-OH is 4. The van der Waals surface area contributed by atoms with Crippen molar-refractivity contribution in [3.63, 3.8) is 0 Å². The third-order valence-electron chi connectivity index (χ3n) is 2.98. The minimum absolute atomic E-state index is 0.823. The second-order valence-corrected chi connectivity index (χ2v) is 4.40. The summed E-state index contributed by atoms with van der Waals surface area (Å²) in [5, 5.41) is 45.5. The van der Waals surface area contributed by atoms with Crippen LogP contribution in [0.15, 0.2) is 0 Å². The van der Waals surface area contributed by atoms with Crippen LogP contribution in [-0.2, 0) is 9.53 Å². The lowest BCUT2D eigenvalue weighted by Crippen LogP contribution is -2.63. The molecule has 7 nitrogen and oxygen atoms in total. The maximum atomic E-state index is 13.7. The summed E-state index contributed by atoms with van der Waals surface area (Å²) in [5.74, 6) is -5.16. The van der Waals surface area contributed by atoms with Crippen molar-refractivity contribution in [2.24, 2.45) is 0 Å². The fraction of sp³-hybridized carbons (Fsp3) is 0.900. The molecule has 0 unspecified atom stereocenters. The highest BCUT2D eigenvalue weighted by atomic mass is 19.3. The van der Waals surface area contributed by atoms with E-state index >= 15 is 0 Å². The number of carbonyl (C=O) groups is 1. The van der Waals surface area contributed by atoms with Crippen LogP contribution in [0.1, 0.15) is 12.8 Å². The largest absolute Gasteiger partial charge is 0.481 e. The highest BCUT2D eigenvalue weighted by Crippen LogP contribution is 2.35. The molecule has 1 fully saturated rings. The van der Waals surface area contributed by atoms with Gasteiger partial charge in [0.1, 0.15) is 30.5 Å². The van der Waals surface area contributed by atoms with Gasteiger partial charge in [-0.2, -0.15) is 0 Å². The molecular formula is C10H16F2O7. The smallest absolute Gasteiger partial charge is 0.303 e. The van der Waals surface area contributed by atoms with Crippen LogP contribution in [-0.4, -0.2) is 74.6 Å². The molecule has 0 aromatic heterocycles. The Kier molecular flexibility index (Phi) is 5.16. The number of hydrogen-bond donors (Lipinski definition) is 5. The van der Waals surface area contributed by atoms with E-state index in [1.807, 2.05) is 0 Å². The molecule has 5 atom stereocenters. The Bertz CT molecular complexity index is 323. The first-order valence-corrected chi connectivity index (χ1v) is 5.61. The summed E-state index contributed by atoms with van der Waals surface area (Å²) in [6.07, 6.45) is -11.3. The van der Waals surface area contributed by atoms with Crippen molar-refractivity contribution in [1.82, 2.24) is 0 Å². The van der Waals surface area contributed by atoms with E-state index in [1.54, 1.807) is 0 Å². The first-order valence-electron chi connectivity index (χ1n) is 5.61. The van der Waals surface area contributed by atoms with Gasteiger partial charge in [0.25, 0.3) is 5.92 Å². The van der Waals surface area contributed by atoms with E-state index in [1.165, 1.54) is 0 Å². The van der Waals surface area contributed by atoms with Crippen LogP contribution in [0, 0.1) is 0 Å². The van der Waals surface area contributed by atoms with Crippen molar-refractivity contribution in [3.05, 3.63) is 0 Å². The van der Waals surface area contributed by atoms with Gasteiger partial charge in [-0.05, 0) is 0 Å². The molecule has 5 N–H and O–H groups in total. The summed E-state index contributed by atoms with van der Waals surface area (Å²) in [6, 6.07) is 0. The molecular weight excluding hydrogens is 270 g/mol. The van der Waals surface area contributed by atoms with Crippen LogP contribution in [0.2, 0.25) is 0 Å². The van der Waals surface area contributed by atoms with Gasteiger partial charge < -0.3 is 30.3 Å². The number of rotatable bonds is 5. The van der Waals surface area contributed by atoms with E-state index in [0.717, 1.165) is 0 Å². The molecule has 112 valence electrons. The topological polar surface area (TPSA) is 127 Å². The molecule has 1 aliphatic heterocycles. The second kappa shape index (κ2) is 6.06. The number of hydrogen-bond acceptors (Lipinski definition) is 6. The van der Waals surface area contributed by atoms with E-state index in [4.69, 9.17) is 10.2 Å². The lowest BCUT2D eigenvalue weighted by molar-refractivity contribution is -0.281. The Hall–Kier alpha value is -0.870. The summed E-state index contributed by atoms with van der Waals surface area (Å²) < 4.78 is 32.1. The van der Waals surface area contributed by atoms with Gasteiger partial charge in [0, 0.05) is 6.42 Å². The highest BCUT2D eigenvalue weighted by molar-refractivity contribution is 5.66. The molecule has 19 heavy (non-hydrogen) atoms. The van der Waals surface area contributed by atoms with E-state index in [0.29, 0.717) is 0 Å². The number of halogens is 2. The van der Waals surface area contributed by atoms with Crippen LogP contribution in [0.3, 0.4) is 0 Å². The lowest BCUT2D eigenvalue weighted by atomic mass is 9.90. The highest BCUT2D eigenvalue weighted by Gasteiger charge is 2.54. The fourth-order valence-electron chi connectivity index (χ4n) is 1.87. The Morgan fingerprint density at radius 3 is 2.21 bits per heavy atom. The van der Waals surface area contributed by atoms with Crippen LogP contribution < -0.4 is 0 Å². The standard InChI is InChI=1S/C10H16F2O7/c11-10(12,2-1-5(14)15)9-8(18)7(17)6(16)4(3-13)19-9/h4,6-9,13,16-18H,1-3H2,(H,14,15)/t4-,6+,7+,8-,9+/m1/s1. The summed E-state index contributed by atoms with van der Waals surface area (Å²) in [4.78, 5) is 10.3. The van der Waals surface area contributed by atoms with E-state index in [-0.39, 0.29) is 0 Å². The summed E-state index contributed by atoms with van der Waals surface area (Å²) in [6.45, 7) is -0.823. The molecule has 0 bridgehead atoms. The molecule has 1 aliphatic rings. The number of aliphatic carboxylic acids is 1. The van der Waals surface area contributed by atoms with Crippen molar-refractivity contribution < 1.29 is 43.8 Å². The van der Waals surface area contributed by atoms with Gasteiger partial charge in [-0.3, -0.25) is 4.79 Å². The van der Waals surface area contributed by atoms with Crippen LogP contribution in [0.4, 0.5) is 8.78 Å². The number of aliphatic hydroxyl groups is 4. The first-order chi connectivity index (χ1) is 8.70. The normalized spacial score (nSPS) is 36.2. The number of carboxylic acid groups (broad SMARTS) is 1. The average Bonchev–Trinajstić information content (AvgIpc) is 2.34. The minimum atomic E-state index is -3.72. The molecule has 0 amide bonds. The quantitative estimate of drug-likeness (QED) is 0.409. The maximum absolute atomic E-state index is 13.7. The van der Waals surface area contributed by atoms with E-state index < -0.39 is 61.9 Å². The van der Waals surface area contributed by atoms with Gasteiger partial charge in [0.2, 0.25) is 0 Å². The van der Waals surface area contributed by atoms with Crippen molar-refractivity contribution in [1.29, 1.82) is 0 Å². The third-order valence-corrected chi connectivity index (χ3v) is 2.98. The van der Waals surface area contributed by atoms with Gasteiger partial charge in [-0.25, -0.2) is 8.78 Å². The summed E-state index contributed by atoms with van der Waals surface area (Å²) >= 11 is 0. The molecule has 0 radical (unpaired) electrons. The zero-order valence-corrected chi connectivity index (χ0v) is 9.82. The van der Waals surface area contributed by atoms with Gasteiger partial charge in [0.05, 0.1) is 13.0 Å². The number of carboxylic acids is 1. The van der Waals surface area contributed by atoms with Crippen molar-refractivity contribution in [2.75, 3.05) is 6.61 Å². The maximum Gasteiger partial charge on any atom is 0.303 e. The molecule has 0 aliphatic carbocycles. The van der Waals surface area contributed by atoms with Crippen LogP contribution >= 0.6 is 0 Å². The summed E-state index contributed by atoms with van der Waals surface area (Å²) in [5.41, 5.74) is 0. The molecule has 0 aromatic carbocycles. The zero-order chi connectivity index (χ0) is 14.8. The van der Waals surface area contributed by atoms with Crippen molar-refractivity contribution in [2.45, 2.75) is 49.3 Å². The van der Waals surface area contributed by atoms with Gasteiger partial charge in [-0.15, -0.1) is 0 Å². The molecule has 0 saturated carbocycles. The van der Waals surface area contributed by atoms with Crippen LogP contribution in [0.5, 0.6) is 0 Å². The molecule has 0 spiro atoms. The monoisotopic (exact) mass is 286 g/mol. The van der Waals surface area contributed by atoms with E-state index in [2.05, 4.69) is 4.74 Å². The molecule has 1 heterocycles. The van der Waals surface area contributed by atoms with Gasteiger partial charge in [-0.1, -0.05) is 0 Å². The Morgan fingerprint density at radius 2 is 1.74 bits per heavy atom. The molecule has 0 aromatic rings. The van der Waals surface area contributed by atoms with Crippen molar-refractivity contribution >= 4 is 5.97 Å².